The number of aromatic nitrogens is 2. The van der Waals surface area contributed by atoms with Crippen LogP contribution in [0, 0.1) is 0 Å². The summed E-state index contributed by atoms with van der Waals surface area (Å²) in [7, 11) is 0. The molecule has 2 aliphatic rings. The van der Waals surface area contributed by atoms with Crippen molar-refractivity contribution in [3.8, 4) is 0 Å². The van der Waals surface area contributed by atoms with Gasteiger partial charge in [0.2, 0.25) is 5.72 Å². The fourth-order valence-corrected chi connectivity index (χ4v) is 3.25. The molecular weight excluding hydrogens is 425 g/mol. The third-order valence-corrected chi connectivity index (χ3v) is 4.70. The second kappa shape index (κ2) is 6.87. The van der Waals surface area contributed by atoms with E-state index in [9.17, 15) is 40.6 Å². The lowest BCUT2D eigenvalue weighted by molar-refractivity contribution is -0.192. The zero-order valence-corrected chi connectivity index (χ0v) is 14.5. The van der Waals surface area contributed by atoms with Crippen LogP contribution in [0.4, 0.5) is 30.7 Å². The number of hydrogen-bond donors (Lipinski definition) is 1. The zero-order valence-electron chi connectivity index (χ0n) is 13.7. The second-order valence-electron chi connectivity index (χ2n) is 6.43. The van der Waals surface area contributed by atoms with Crippen molar-refractivity contribution in [1.82, 2.24) is 14.8 Å². The van der Waals surface area contributed by atoms with Crippen LogP contribution in [-0.4, -0.2) is 50.1 Å². The van der Waals surface area contributed by atoms with Crippen molar-refractivity contribution < 1.29 is 40.6 Å². The van der Waals surface area contributed by atoms with Gasteiger partial charge in [0, 0.05) is 12.3 Å². The quantitative estimate of drug-likeness (QED) is 0.720. The first-order valence-corrected chi connectivity index (χ1v) is 8.26. The first-order valence-electron chi connectivity index (χ1n) is 7.88. The van der Waals surface area contributed by atoms with Gasteiger partial charge >= 0.3 is 6.18 Å². The Bertz CT molecular complexity index is 821. The van der Waals surface area contributed by atoms with Crippen LogP contribution in [0.1, 0.15) is 36.6 Å². The highest BCUT2D eigenvalue weighted by Crippen LogP contribution is 2.47. The standard InChI is InChI=1S/C14H12ClF7N4O2/c15-8-9(5-1-2-5)25(24-10(8)14(20,21)22)4-7(27)26-13(28,12(18)19)3-6(23-26)11(16)17/h5,11-12,28H,1-4H2. The molecule has 6 nitrogen and oxygen atoms in total. The molecule has 1 atom stereocenters. The van der Waals surface area contributed by atoms with Crippen molar-refractivity contribution in [2.45, 2.75) is 56.5 Å². The van der Waals surface area contributed by atoms with Crippen LogP contribution >= 0.6 is 11.6 Å². The first-order chi connectivity index (χ1) is 12.9. The fourth-order valence-electron chi connectivity index (χ4n) is 2.85. The van der Waals surface area contributed by atoms with Gasteiger partial charge in [0.05, 0.1) is 10.7 Å². The van der Waals surface area contributed by atoms with Crippen LogP contribution in [0.3, 0.4) is 0 Å². The minimum absolute atomic E-state index is 0.111. The summed E-state index contributed by atoms with van der Waals surface area (Å²) in [6, 6.07) is 0. The summed E-state index contributed by atoms with van der Waals surface area (Å²) < 4.78 is 91.7. The number of alkyl halides is 7. The molecule has 0 saturated heterocycles. The summed E-state index contributed by atoms with van der Waals surface area (Å²) in [4.78, 5) is 12.4. The first kappa shape index (κ1) is 20.8. The van der Waals surface area contributed by atoms with E-state index in [0.29, 0.717) is 17.5 Å². The molecule has 0 aromatic carbocycles. The topological polar surface area (TPSA) is 70.7 Å². The van der Waals surface area contributed by atoms with Crippen molar-refractivity contribution in [1.29, 1.82) is 0 Å². The predicted octanol–water partition coefficient (Wildman–Crippen LogP) is 3.24. The van der Waals surface area contributed by atoms with Gasteiger partial charge in [-0.25, -0.2) is 17.6 Å². The van der Waals surface area contributed by atoms with Crippen LogP contribution in [0.5, 0.6) is 0 Å². The summed E-state index contributed by atoms with van der Waals surface area (Å²) in [5, 5.41) is 15.3. The number of nitrogens with zero attached hydrogens (tertiary/aromatic N) is 4. The summed E-state index contributed by atoms with van der Waals surface area (Å²) in [6.45, 7) is -1.04. The van der Waals surface area contributed by atoms with E-state index < -0.39 is 66.0 Å². The maximum atomic E-state index is 13.2. The van der Waals surface area contributed by atoms with Gasteiger partial charge in [0.25, 0.3) is 18.8 Å². The summed E-state index contributed by atoms with van der Waals surface area (Å²) in [5.41, 5.74) is -6.04. The molecule has 1 N–H and O–H groups in total. The molecule has 1 aromatic rings. The number of carbonyl (C=O) groups excluding carboxylic acids is 1. The van der Waals surface area contributed by atoms with Crippen LogP contribution in [0.15, 0.2) is 5.10 Å². The predicted molar refractivity (Wildman–Crippen MR) is 80.1 cm³/mol. The average molecular weight is 437 g/mol. The van der Waals surface area contributed by atoms with Crippen LogP contribution < -0.4 is 0 Å². The average Bonchev–Trinajstić information content (AvgIpc) is 3.23. The van der Waals surface area contributed by atoms with Crippen molar-refractivity contribution in [3.63, 3.8) is 0 Å². The Morgan fingerprint density at radius 3 is 2.36 bits per heavy atom. The number of carbonyl (C=O) groups is 1. The van der Waals surface area contributed by atoms with E-state index >= 15 is 0 Å². The van der Waals surface area contributed by atoms with Gasteiger partial charge in [-0.2, -0.15) is 28.4 Å². The molecule has 1 aliphatic carbocycles. The molecule has 1 saturated carbocycles. The van der Waals surface area contributed by atoms with Crippen LogP contribution in [0.25, 0.3) is 0 Å². The van der Waals surface area contributed by atoms with Gasteiger partial charge in [0.1, 0.15) is 12.3 Å². The number of hydrogen-bond acceptors (Lipinski definition) is 4. The Morgan fingerprint density at radius 2 is 1.89 bits per heavy atom. The van der Waals surface area contributed by atoms with Gasteiger partial charge in [-0.3, -0.25) is 9.48 Å². The molecule has 1 unspecified atom stereocenters. The Balaban J connectivity index is 1.94. The lowest BCUT2D eigenvalue weighted by Gasteiger charge is -2.30. The minimum Gasteiger partial charge on any atom is -0.364 e. The summed E-state index contributed by atoms with van der Waals surface area (Å²) in [6.07, 6.45) is -12.2. The van der Waals surface area contributed by atoms with E-state index in [1.54, 1.807) is 0 Å². The maximum absolute atomic E-state index is 13.2. The number of halogens is 8. The van der Waals surface area contributed by atoms with Gasteiger partial charge < -0.3 is 5.11 Å². The molecule has 156 valence electrons. The number of amides is 1. The van der Waals surface area contributed by atoms with Crippen molar-refractivity contribution in [2.24, 2.45) is 5.10 Å². The summed E-state index contributed by atoms with van der Waals surface area (Å²) in [5.74, 6) is -1.84. The fraction of sp³-hybridized carbons (Fsp3) is 0.643. The van der Waals surface area contributed by atoms with Crippen LogP contribution in [0.2, 0.25) is 5.02 Å². The zero-order chi connectivity index (χ0) is 21.0. The second-order valence-corrected chi connectivity index (χ2v) is 6.81. The lowest BCUT2D eigenvalue weighted by atomic mass is 10.1. The Kier molecular flexibility index (Phi) is 5.11. The van der Waals surface area contributed by atoms with Crippen molar-refractivity contribution >= 4 is 23.2 Å². The third kappa shape index (κ3) is 3.56. The van der Waals surface area contributed by atoms with Gasteiger partial charge in [0.15, 0.2) is 5.69 Å². The molecule has 1 aliphatic heterocycles. The highest BCUT2D eigenvalue weighted by molar-refractivity contribution is 6.32. The van der Waals surface area contributed by atoms with E-state index in [0.717, 1.165) is 0 Å². The van der Waals surface area contributed by atoms with Crippen LogP contribution in [-0.2, 0) is 17.5 Å². The minimum atomic E-state index is -4.92. The molecule has 0 bridgehead atoms. The van der Waals surface area contributed by atoms with E-state index in [1.165, 1.54) is 0 Å². The molecule has 1 amide bonds. The molecular formula is C14H12ClF7N4O2. The van der Waals surface area contributed by atoms with Gasteiger partial charge in [-0.15, -0.1) is 0 Å². The highest BCUT2D eigenvalue weighted by Gasteiger charge is 2.53. The molecule has 14 heteroatoms. The molecule has 28 heavy (non-hydrogen) atoms. The van der Waals surface area contributed by atoms with E-state index in [1.807, 2.05) is 0 Å². The Labute approximate surface area is 157 Å². The smallest absolute Gasteiger partial charge is 0.364 e. The monoisotopic (exact) mass is 436 g/mol. The Hall–Kier alpha value is -1.89. The largest absolute Gasteiger partial charge is 0.436 e. The molecule has 0 spiro atoms. The lowest BCUT2D eigenvalue weighted by Crippen LogP contribution is -2.52. The normalized spacial score (nSPS) is 23.1. The SMILES string of the molecule is O=C(Cn1nc(C(F)(F)F)c(Cl)c1C1CC1)N1N=C(C(F)F)CC1(O)C(F)F. The molecule has 2 heterocycles. The number of aliphatic hydroxyl groups is 1. The third-order valence-electron chi connectivity index (χ3n) is 4.32. The molecule has 1 fully saturated rings. The maximum Gasteiger partial charge on any atom is 0.436 e. The van der Waals surface area contributed by atoms with E-state index in [4.69, 9.17) is 11.6 Å². The summed E-state index contributed by atoms with van der Waals surface area (Å²) >= 11 is 5.74. The van der Waals surface area contributed by atoms with Gasteiger partial charge in [-0.05, 0) is 12.8 Å². The highest BCUT2D eigenvalue weighted by atomic mass is 35.5. The Morgan fingerprint density at radius 1 is 1.29 bits per heavy atom. The van der Waals surface area contributed by atoms with Crippen molar-refractivity contribution in [3.05, 3.63) is 16.4 Å². The number of hydrazone groups is 1. The van der Waals surface area contributed by atoms with Gasteiger partial charge in [-0.1, -0.05) is 11.6 Å². The van der Waals surface area contributed by atoms with E-state index in [-0.39, 0.29) is 10.7 Å². The van der Waals surface area contributed by atoms with Crippen molar-refractivity contribution in [2.75, 3.05) is 0 Å². The molecule has 0 radical (unpaired) electrons. The number of rotatable bonds is 5. The molecule has 3 rings (SSSR count). The molecule has 1 aromatic heterocycles. The van der Waals surface area contributed by atoms with E-state index in [2.05, 4.69) is 10.2 Å².